The largest absolute Gasteiger partial charge is 0.303 e. The zero-order valence-corrected chi connectivity index (χ0v) is 12.1. The van der Waals surface area contributed by atoms with E-state index in [1.807, 2.05) is 19.9 Å². The fourth-order valence-corrected chi connectivity index (χ4v) is 3.50. The number of amides is 1. The van der Waals surface area contributed by atoms with Crippen LogP contribution in [0.3, 0.4) is 0 Å². The first-order valence-electron chi connectivity index (χ1n) is 7.51. The van der Waals surface area contributed by atoms with E-state index in [1.165, 1.54) is 25.7 Å². The van der Waals surface area contributed by atoms with Crippen molar-refractivity contribution in [2.75, 3.05) is 5.32 Å². The predicted molar refractivity (Wildman–Crippen MR) is 77.4 cm³/mol. The molecule has 3 unspecified atom stereocenters. The minimum Gasteiger partial charge on any atom is -0.303 e. The average molecular weight is 274 g/mol. The molecule has 1 saturated carbocycles. The first-order chi connectivity index (χ1) is 9.61. The van der Waals surface area contributed by atoms with Crippen LogP contribution in [0.2, 0.25) is 0 Å². The lowest BCUT2D eigenvalue weighted by Crippen LogP contribution is -2.40. The number of carbonyl (C=O) groups excluding carboxylic acids is 1. The minimum atomic E-state index is -0.0903. The summed E-state index contributed by atoms with van der Waals surface area (Å²) in [5, 5.41) is 6.33. The summed E-state index contributed by atoms with van der Waals surface area (Å²) in [6.45, 7) is 3.82. The van der Waals surface area contributed by atoms with E-state index in [1.54, 1.807) is 0 Å². The molecule has 1 aliphatic carbocycles. The molecule has 2 heterocycles. The highest BCUT2D eigenvalue weighted by molar-refractivity contribution is 5.93. The average Bonchev–Trinajstić information content (AvgIpc) is 2.81. The highest BCUT2D eigenvalue weighted by atomic mass is 16.2. The van der Waals surface area contributed by atoms with Gasteiger partial charge in [0.05, 0.1) is 6.04 Å². The van der Waals surface area contributed by atoms with Gasteiger partial charge in [0.2, 0.25) is 11.9 Å². The van der Waals surface area contributed by atoms with Gasteiger partial charge in [-0.25, -0.2) is 9.97 Å². The molecule has 1 aromatic heterocycles. The van der Waals surface area contributed by atoms with Crippen LogP contribution in [0.15, 0.2) is 6.07 Å². The highest BCUT2D eigenvalue weighted by Gasteiger charge is 2.38. The Morgan fingerprint density at radius 2 is 1.95 bits per heavy atom. The fraction of sp³-hybridized carbons (Fsp3) is 0.667. The molecule has 1 saturated heterocycles. The van der Waals surface area contributed by atoms with Crippen LogP contribution in [0.4, 0.5) is 5.95 Å². The Labute approximate surface area is 119 Å². The van der Waals surface area contributed by atoms with Crippen molar-refractivity contribution in [3.05, 3.63) is 17.5 Å². The topological polar surface area (TPSA) is 66.9 Å². The van der Waals surface area contributed by atoms with Crippen LogP contribution in [0.25, 0.3) is 0 Å². The molecule has 5 nitrogen and oxygen atoms in total. The highest BCUT2D eigenvalue weighted by Crippen LogP contribution is 2.33. The number of rotatable bonds is 2. The number of anilines is 1. The van der Waals surface area contributed by atoms with Gasteiger partial charge in [0.1, 0.15) is 0 Å². The van der Waals surface area contributed by atoms with Crippen LogP contribution in [0.1, 0.15) is 43.5 Å². The van der Waals surface area contributed by atoms with E-state index >= 15 is 0 Å². The van der Waals surface area contributed by atoms with Crippen molar-refractivity contribution in [3.63, 3.8) is 0 Å². The van der Waals surface area contributed by atoms with Gasteiger partial charge in [-0.1, -0.05) is 12.8 Å². The van der Waals surface area contributed by atoms with E-state index in [0.717, 1.165) is 17.8 Å². The number of hydrogen-bond donors (Lipinski definition) is 2. The van der Waals surface area contributed by atoms with Gasteiger partial charge in [0, 0.05) is 17.4 Å². The monoisotopic (exact) mass is 274 g/mol. The van der Waals surface area contributed by atoms with Crippen molar-refractivity contribution in [2.24, 2.45) is 5.92 Å². The third-order valence-corrected chi connectivity index (χ3v) is 4.40. The standard InChI is InChI=1S/C15H22N4O/c1-9-7-10(2)17-15(16-9)19-14(20)13-8-11-5-3-4-6-12(11)18-13/h7,11-13,18H,3-6,8H2,1-2H3,(H,16,17,19,20). The number of carbonyl (C=O) groups is 1. The smallest absolute Gasteiger partial charge is 0.243 e. The quantitative estimate of drug-likeness (QED) is 0.865. The SMILES string of the molecule is Cc1cc(C)nc(NC(=O)C2CC3CCCCC3N2)n1. The lowest BCUT2D eigenvalue weighted by Gasteiger charge is -2.24. The van der Waals surface area contributed by atoms with Crippen molar-refractivity contribution in [3.8, 4) is 0 Å². The molecule has 2 aliphatic rings. The normalized spacial score (nSPS) is 29.0. The molecule has 3 rings (SSSR count). The molecular formula is C15H22N4O. The second-order valence-corrected chi connectivity index (χ2v) is 6.07. The lowest BCUT2D eigenvalue weighted by molar-refractivity contribution is -0.117. The van der Waals surface area contributed by atoms with Gasteiger partial charge in [-0.05, 0) is 45.1 Å². The summed E-state index contributed by atoms with van der Waals surface area (Å²) >= 11 is 0. The van der Waals surface area contributed by atoms with E-state index < -0.39 is 0 Å². The Morgan fingerprint density at radius 1 is 1.25 bits per heavy atom. The molecule has 5 heteroatoms. The van der Waals surface area contributed by atoms with Gasteiger partial charge in [-0.15, -0.1) is 0 Å². The van der Waals surface area contributed by atoms with Gasteiger partial charge >= 0.3 is 0 Å². The van der Waals surface area contributed by atoms with E-state index in [0.29, 0.717) is 17.9 Å². The van der Waals surface area contributed by atoms with E-state index in [2.05, 4.69) is 20.6 Å². The summed E-state index contributed by atoms with van der Waals surface area (Å²) in [5.74, 6) is 1.09. The first-order valence-corrected chi connectivity index (χ1v) is 7.51. The number of hydrogen-bond acceptors (Lipinski definition) is 4. The number of aryl methyl sites for hydroxylation is 2. The van der Waals surface area contributed by atoms with Crippen molar-refractivity contribution in [1.82, 2.24) is 15.3 Å². The second-order valence-electron chi connectivity index (χ2n) is 6.07. The van der Waals surface area contributed by atoms with Gasteiger partial charge in [0.15, 0.2) is 0 Å². The summed E-state index contributed by atoms with van der Waals surface area (Å²) in [4.78, 5) is 20.9. The Balaban J connectivity index is 1.64. The van der Waals surface area contributed by atoms with Crippen LogP contribution >= 0.6 is 0 Å². The molecule has 0 bridgehead atoms. The molecule has 2 N–H and O–H groups in total. The van der Waals surface area contributed by atoms with Crippen LogP contribution < -0.4 is 10.6 Å². The zero-order chi connectivity index (χ0) is 14.1. The number of aromatic nitrogens is 2. The maximum atomic E-state index is 12.3. The molecule has 3 atom stereocenters. The van der Waals surface area contributed by atoms with Crippen LogP contribution in [0, 0.1) is 19.8 Å². The third kappa shape index (κ3) is 2.82. The molecule has 1 aliphatic heterocycles. The zero-order valence-electron chi connectivity index (χ0n) is 12.1. The Hall–Kier alpha value is -1.49. The van der Waals surface area contributed by atoms with Crippen molar-refractivity contribution in [2.45, 2.75) is 58.0 Å². The molecule has 0 radical (unpaired) electrons. The molecule has 0 spiro atoms. The predicted octanol–water partition coefficient (Wildman–Crippen LogP) is 1.95. The first kappa shape index (κ1) is 13.5. The summed E-state index contributed by atoms with van der Waals surface area (Å²) < 4.78 is 0. The van der Waals surface area contributed by atoms with Crippen molar-refractivity contribution < 1.29 is 4.79 Å². The molecule has 2 fully saturated rings. The van der Waals surface area contributed by atoms with Crippen LogP contribution in [-0.4, -0.2) is 28.0 Å². The molecule has 20 heavy (non-hydrogen) atoms. The van der Waals surface area contributed by atoms with Crippen molar-refractivity contribution in [1.29, 1.82) is 0 Å². The summed E-state index contributed by atoms with van der Waals surface area (Å²) in [5.41, 5.74) is 1.75. The summed E-state index contributed by atoms with van der Waals surface area (Å²) in [6.07, 6.45) is 5.98. The Morgan fingerprint density at radius 3 is 2.65 bits per heavy atom. The van der Waals surface area contributed by atoms with Gasteiger partial charge in [-0.3, -0.25) is 10.1 Å². The Bertz CT molecular complexity index is 482. The fourth-order valence-electron chi connectivity index (χ4n) is 3.50. The minimum absolute atomic E-state index is 0.00407. The lowest BCUT2D eigenvalue weighted by atomic mass is 9.85. The van der Waals surface area contributed by atoms with Crippen LogP contribution in [0.5, 0.6) is 0 Å². The van der Waals surface area contributed by atoms with Gasteiger partial charge in [-0.2, -0.15) is 0 Å². The number of nitrogens with zero attached hydrogens (tertiary/aromatic N) is 2. The van der Waals surface area contributed by atoms with E-state index in [9.17, 15) is 4.79 Å². The Kier molecular flexibility index (Phi) is 3.70. The number of fused-ring (bicyclic) bond motifs is 1. The molecule has 0 aromatic carbocycles. The molecule has 1 amide bonds. The maximum absolute atomic E-state index is 12.3. The molecular weight excluding hydrogens is 252 g/mol. The van der Waals surface area contributed by atoms with E-state index in [4.69, 9.17) is 0 Å². The maximum Gasteiger partial charge on any atom is 0.243 e. The van der Waals surface area contributed by atoms with E-state index in [-0.39, 0.29) is 11.9 Å². The molecule has 1 aromatic rings. The summed E-state index contributed by atoms with van der Waals surface area (Å²) in [7, 11) is 0. The molecule has 108 valence electrons. The van der Waals surface area contributed by atoms with Crippen LogP contribution in [-0.2, 0) is 4.79 Å². The summed E-state index contributed by atoms with van der Waals surface area (Å²) in [6, 6.07) is 2.34. The van der Waals surface area contributed by atoms with Gasteiger partial charge in [0.25, 0.3) is 0 Å². The number of nitrogens with one attached hydrogen (secondary N) is 2. The third-order valence-electron chi connectivity index (χ3n) is 4.40. The van der Waals surface area contributed by atoms with Gasteiger partial charge < -0.3 is 5.32 Å². The van der Waals surface area contributed by atoms with Crippen molar-refractivity contribution >= 4 is 11.9 Å². The second kappa shape index (κ2) is 5.48.